The molecule has 0 radical (unpaired) electrons. The van der Waals surface area contributed by atoms with Crippen LogP contribution in [-0.4, -0.2) is 23.1 Å². The number of ketones is 4. The Bertz CT molecular complexity index is 2980. The second-order valence-electron chi connectivity index (χ2n) is 13.7. The minimum absolute atomic E-state index is 0.0508. The minimum Gasteiger partial charge on any atom is -0.452 e. The Hall–Kier alpha value is -6.70. The normalized spacial score (nSPS) is 16.7. The van der Waals surface area contributed by atoms with Gasteiger partial charge >= 0.3 is 0 Å². The van der Waals surface area contributed by atoms with Crippen molar-refractivity contribution in [2.75, 3.05) is 0 Å². The van der Waals surface area contributed by atoms with Gasteiger partial charge in [0, 0.05) is 36.2 Å². The molecule has 0 saturated heterocycles. The average Bonchev–Trinajstić information content (AvgIpc) is 4.15. The first-order valence-corrected chi connectivity index (χ1v) is 22.2. The lowest BCUT2D eigenvalue weighted by Crippen LogP contribution is -1.98. The quantitative estimate of drug-likeness (QED) is 0.161. The van der Waals surface area contributed by atoms with Crippen LogP contribution in [0.15, 0.2) is 176 Å². The molecule has 0 saturated carbocycles. The van der Waals surface area contributed by atoms with Crippen molar-refractivity contribution in [2.24, 2.45) is 0 Å². The van der Waals surface area contributed by atoms with Crippen molar-refractivity contribution in [3.63, 3.8) is 0 Å². The van der Waals surface area contributed by atoms with Crippen molar-refractivity contribution in [1.29, 1.82) is 0 Å². The molecule has 5 aromatic carbocycles. The van der Waals surface area contributed by atoms with Crippen molar-refractivity contribution in [3.8, 4) is 23.0 Å². The molecule has 6 heterocycles. The molecule has 0 unspecified atom stereocenters. The molecule has 0 bridgehead atoms. The first-order valence-electron chi connectivity index (χ1n) is 18.9. The van der Waals surface area contributed by atoms with Gasteiger partial charge in [-0.15, -0.1) is 22.7 Å². The summed E-state index contributed by atoms with van der Waals surface area (Å²) < 4.78 is 24.4. The molecule has 0 amide bonds. The van der Waals surface area contributed by atoms with Gasteiger partial charge in [-0.05, 0) is 121 Å². The highest BCUT2D eigenvalue weighted by molar-refractivity contribution is 9.10. The van der Waals surface area contributed by atoms with Crippen LogP contribution < -0.4 is 18.9 Å². The Morgan fingerprint density at radius 2 is 0.790 bits per heavy atom. The molecule has 0 N–H and O–H groups in total. The van der Waals surface area contributed by atoms with Gasteiger partial charge < -0.3 is 18.9 Å². The van der Waals surface area contributed by atoms with Gasteiger partial charge in [-0.2, -0.15) is 0 Å². The van der Waals surface area contributed by atoms with Gasteiger partial charge in [0.15, 0.2) is 23.0 Å². The molecule has 0 spiro atoms. The van der Waals surface area contributed by atoms with Gasteiger partial charge in [0.2, 0.25) is 23.1 Å². The SMILES string of the molecule is O=C1/C(=C/c2cc(Br)cs2)Oc2ccccc21.O=C1/C(=C/c2ccc(/C=C3\Oc4ccccc4C3=O)cc2)Oc2ccccc21.O=C1/C(=C/c2sccc2Br)Oc2ccccc21. The molecule has 8 nitrogen and oxygen atoms in total. The number of para-hydroxylation sites is 4. The molecule has 2 aromatic heterocycles. The van der Waals surface area contributed by atoms with Gasteiger partial charge in [-0.25, -0.2) is 0 Å². The molecular formula is C50H28Br2O8S2. The summed E-state index contributed by atoms with van der Waals surface area (Å²) >= 11 is 9.93. The van der Waals surface area contributed by atoms with E-state index in [1.54, 1.807) is 95.5 Å². The Morgan fingerprint density at radius 3 is 1.13 bits per heavy atom. The predicted octanol–water partition coefficient (Wildman–Crippen LogP) is 13.2. The van der Waals surface area contributed by atoms with Crippen LogP contribution in [0.1, 0.15) is 62.3 Å². The minimum atomic E-state index is -0.121. The molecule has 7 aromatic rings. The average molecular weight is 981 g/mol. The van der Waals surface area contributed by atoms with Crippen LogP contribution in [0.5, 0.6) is 23.0 Å². The maximum Gasteiger partial charge on any atom is 0.231 e. The summed E-state index contributed by atoms with van der Waals surface area (Å²) in [6.45, 7) is 0. The van der Waals surface area contributed by atoms with E-state index in [1.807, 2.05) is 95.7 Å². The number of Topliss-reactive ketones (excluding diaryl/α,β-unsaturated/α-hetero) is 4. The Balaban J connectivity index is 0.000000125. The third kappa shape index (κ3) is 8.59. The van der Waals surface area contributed by atoms with E-state index in [2.05, 4.69) is 31.9 Å². The van der Waals surface area contributed by atoms with Crippen LogP contribution in [0.2, 0.25) is 0 Å². The first kappa shape index (κ1) is 40.7. The number of carbonyl (C=O) groups excluding carboxylic acids is 4. The largest absolute Gasteiger partial charge is 0.452 e. The maximum absolute atomic E-state index is 12.4. The van der Waals surface area contributed by atoms with Crippen molar-refractivity contribution >= 4 is 102 Å². The summed E-state index contributed by atoms with van der Waals surface area (Å²) in [5.41, 5.74) is 4.08. The number of thiophene rings is 2. The number of hydrogen-bond acceptors (Lipinski definition) is 10. The zero-order valence-corrected chi connectivity index (χ0v) is 36.8. The summed E-state index contributed by atoms with van der Waals surface area (Å²) in [5, 5.41) is 3.93. The second kappa shape index (κ2) is 17.7. The molecule has 12 heteroatoms. The van der Waals surface area contributed by atoms with E-state index in [-0.39, 0.29) is 23.1 Å². The third-order valence-electron chi connectivity index (χ3n) is 9.60. The monoisotopic (exact) mass is 978 g/mol. The summed E-state index contributed by atoms with van der Waals surface area (Å²) in [4.78, 5) is 50.8. The van der Waals surface area contributed by atoms with E-state index in [0.717, 1.165) is 29.8 Å². The number of halogens is 2. The highest BCUT2D eigenvalue weighted by Crippen LogP contribution is 2.36. The van der Waals surface area contributed by atoms with E-state index in [1.165, 1.54) is 0 Å². The number of allylic oxidation sites excluding steroid dienone is 4. The fourth-order valence-electron chi connectivity index (χ4n) is 6.60. The molecule has 4 aliphatic rings. The molecule has 0 atom stereocenters. The van der Waals surface area contributed by atoms with Crippen molar-refractivity contribution < 1.29 is 38.1 Å². The molecule has 0 fully saturated rings. The van der Waals surface area contributed by atoms with Crippen LogP contribution in [0.3, 0.4) is 0 Å². The summed E-state index contributed by atoms with van der Waals surface area (Å²) in [5.74, 6) is 3.47. The van der Waals surface area contributed by atoms with Crippen LogP contribution in [-0.2, 0) is 0 Å². The van der Waals surface area contributed by atoms with Gasteiger partial charge in [-0.1, -0.05) is 72.8 Å². The number of carbonyl (C=O) groups is 4. The van der Waals surface area contributed by atoms with Gasteiger partial charge in [0.25, 0.3) is 0 Å². The van der Waals surface area contributed by atoms with E-state index in [4.69, 9.17) is 18.9 Å². The predicted molar refractivity (Wildman–Crippen MR) is 248 cm³/mol. The van der Waals surface area contributed by atoms with Crippen molar-refractivity contribution in [1.82, 2.24) is 0 Å². The zero-order chi connectivity index (χ0) is 42.7. The first-order chi connectivity index (χ1) is 30.2. The lowest BCUT2D eigenvalue weighted by Gasteiger charge is -2.01. The lowest BCUT2D eigenvalue weighted by atomic mass is 10.1. The number of fused-ring (bicyclic) bond motifs is 4. The van der Waals surface area contributed by atoms with Crippen LogP contribution in [0, 0.1) is 0 Å². The number of hydrogen-bond donors (Lipinski definition) is 0. The topological polar surface area (TPSA) is 105 Å². The summed E-state index contributed by atoms with van der Waals surface area (Å²) in [6, 6.07) is 40.3. The van der Waals surface area contributed by atoms with E-state index in [9.17, 15) is 19.2 Å². The Labute approximate surface area is 379 Å². The molecule has 11 rings (SSSR count). The highest BCUT2D eigenvalue weighted by atomic mass is 79.9. The fraction of sp³-hybridized carbons (Fsp3) is 0. The number of benzene rings is 5. The van der Waals surface area contributed by atoms with Crippen molar-refractivity contribution in [3.05, 3.63) is 219 Å². The van der Waals surface area contributed by atoms with E-state index in [0.29, 0.717) is 68.3 Å². The van der Waals surface area contributed by atoms with E-state index >= 15 is 0 Å². The smallest absolute Gasteiger partial charge is 0.231 e. The molecular weight excluding hydrogens is 952 g/mol. The summed E-state index contributed by atoms with van der Waals surface area (Å²) in [7, 11) is 0. The van der Waals surface area contributed by atoms with E-state index < -0.39 is 0 Å². The Morgan fingerprint density at radius 1 is 0.419 bits per heavy atom. The fourth-order valence-corrected chi connectivity index (χ4v) is 9.37. The molecule has 0 aliphatic carbocycles. The van der Waals surface area contributed by atoms with Gasteiger partial charge in [0.1, 0.15) is 23.0 Å². The lowest BCUT2D eigenvalue weighted by molar-refractivity contribution is 0.101. The van der Waals surface area contributed by atoms with Gasteiger partial charge in [0.05, 0.1) is 22.3 Å². The molecule has 4 aliphatic heterocycles. The van der Waals surface area contributed by atoms with Crippen molar-refractivity contribution in [2.45, 2.75) is 0 Å². The number of rotatable bonds is 4. The van der Waals surface area contributed by atoms with Crippen LogP contribution in [0.25, 0.3) is 24.3 Å². The van der Waals surface area contributed by atoms with Crippen LogP contribution >= 0.6 is 54.5 Å². The number of ether oxygens (including phenoxy) is 4. The molecule has 62 heavy (non-hydrogen) atoms. The maximum atomic E-state index is 12.4. The van der Waals surface area contributed by atoms with Crippen LogP contribution in [0.4, 0.5) is 0 Å². The third-order valence-corrected chi connectivity index (χ3v) is 13.1. The Kier molecular flexibility index (Phi) is 11.6. The standard InChI is InChI=1S/C24H14O4.2C13H7BrO2S/c25-23-17-5-1-3-7-19(17)27-21(23)13-15-9-11-16(12-10-15)14-22-24(26)18-6-2-4-8-20(18)28-22;14-8-5-9(17-7-8)6-12-13(15)10-3-1-2-4-11(10)16-12;14-9-5-6-17-12(9)7-11-13(15)8-3-1-2-4-10(8)16-11/h1-14H;2*1-7H/b21-13-,22-14-;12-6-;11-7-. The molecule has 302 valence electrons. The zero-order valence-electron chi connectivity index (χ0n) is 32.0. The second-order valence-corrected chi connectivity index (χ2v) is 17.4. The summed E-state index contributed by atoms with van der Waals surface area (Å²) in [6.07, 6.45) is 6.98. The van der Waals surface area contributed by atoms with Gasteiger partial charge in [-0.3, -0.25) is 19.2 Å². The highest BCUT2D eigenvalue weighted by Gasteiger charge is 2.29.